The van der Waals surface area contributed by atoms with Gasteiger partial charge in [-0.25, -0.2) is 4.39 Å². The molecule has 5 nitrogen and oxygen atoms in total. The van der Waals surface area contributed by atoms with E-state index in [1.165, 1.54) is 17.2 Å². The molecule has 100 valence electrons. The van der Waals surface area contributed by atoms with Gasteiger partial charge in [0.2, 0.25) is 0 Å². The summed E-state index contributed by atoms with van der Waals surface area (Å²) >= 11 is 0. The molecule has 1 aliphatic heterocycles. The Morgan fingerprint density at radius 2 is 2.26 bits per heavy atom. The maximum Gasteiger partial charge on any atom is 0.157 e. The Labute approximate surface area is 110 Å². The van der Waals surface area contributed by atoms with E-state index in [4.69, 9.17) is 0 Å². The van der Waals surface area contributed by atoms with E-state index >= 15 is 0 Å². The average Bonchev–Trinajstić information content (AvgIpc) is 2.88. The van der Waals surface area contributed by atoms with Crippen LogP contribution < -0.4 is 5.32 Å². The second kappa shape index (κ2) is 5.44. The van der Waals surface area contributed by atoms with Gasteiger partial charge < -0.3 is 5.32 Å². The SMILES string of the molecule is Fc1ccccc1-n1nnnc1CC1CCCNC1. The van der Waals surface area contributed by atoms with E-state index in [1.807, 2.05) is 0 Å². The normalized spacial score (nSPS) is 19.5. The van der Waals surface area contributed by atoms with E-state index < -0.39 is 0 Å². The molecule has 0 bridgehead atoms. The number of halogens is 1. The lowest BCUT2D eigenvalue weighted by molar-refractivity contribution is 0.368. The van der Waals surface area contributed by atoms with Crippen molar-refractivity contribution < 1.29 is 4.39 Å². The summed E-state index contributed by atoms with van der Waals surface area (Å²) in [4.78, 5) is 0. The van der Waals surface area contributed by atoms with Gasteiger partial charge in [0.1, 0.15) is 11.5 Å². The van der Waals surface area contributed by atoms with E-state index in [0.29, 0.717) is 11.6 Å². The van der Waals surface area contributed by atoms with E-state index in [0.717, 1.165) is 31.8 Å². The number of piperidine rings is 1. The Hall–Kier alpha value is -1.82. The summed E-state index contributed by atoms with van der Waals surface area (Å²) in [5.74, 6) is 0.932. The van der Waals surface area contributed by atoms with Crippen LogP contribution in [0.5, 0.6) is 0 Å². The molecule has 1 aromatic carbocycles. The monoisotopic (exact) mass is 261 g/mol. The van der Waals surface area contributed by atoms with Crippen molar-refractivity contribution in [3.05, 3.63) is 35.9 Å². The van der Waals surface area contributed by atoms with Crippen LogP contribution in [0.4, 0.5) is 4.39 Å². The van der Waals surface area contributed by atoms with Crippen molar-refractivity contribution in [1.29, 1.82) is 0 Å². The van der Waals surface area contributed by atoms with E-state index in [-0.39, 0.29) is 5.82 Å². The molecule has 1 atom stereocenters. The second-order valence-corrected chi connectivity index (χ2v) is 4.87. The van der Waals surface area contributed by atoms with Gasteiger partial charge in [0.05, 0.1) is 0 Å². The van der Waals surface area contributed by atoms with Gasteiger partial charge >= 0.3 is 0 Å². The highest BCUT2D eigenvalue weighted by Gasteiger charge is 2.19. The van der Waals surface area contributed by atoms with Crippen molar-refractivity contribution in [2.45, 2.75) is 19.3 Å². The molecule has 0 amide bonds. The molecule has 6 heteroatoms. The third-order valence-electron chi connectivity index (χ3n) is 3.48. The molecular formula is C13H16FN5. The standard InChI is InChI=1S/C13H16FN5/c14-11-5-1-2-6-12(11)19-13(16-17-18-19)8-10-4-3-7-15-9-10/h1-2,5-6,10,15H,3-4,7-9H2. The molecule has 1 N–H and O–H groups in total. The first kappa shape index (κ1) is 12.2. The molecule has 1 aromatic heterocycles. The van der Waals surface area contributed by atoms with Gasteiger partial charge in [-0.1, -0.05) is 12.1 Å². The first-order valence-electron chi connectivity index (χ1n) is 6.57. The molecule has 2 aromatic rings. The van der Waals surface area contributed by atoms with Gasteiger partial charge in [0, 0.05) is 6.42 Å². The number of tetrazole rings is 1. The molecule has 19 heavy (non-hydrogen) atoms. The number of benzene rings is 1. The minimum absolute atomic E-state index is 0.308. The molecule has 0 aliphatic carbocycles. The van der Waals surface area contributed by atoms with Gasteiger partial charge in [0.25, 0.3) is 0 Å². The van der Waals surface area contributed by atoms with Crippen molar-refractivity contribution in [2.75, 3.05) is 13.1 Å². The summed E-state index contributed by atoms with van der Waals surface area (Å²) < 4.78 is 15.3. The number of aromatic nitrogens is 4. The predicted molar refractivity (Wildman–Crippen MR) is 68.4 cm³/mol. The molecule has 1 saturated heterocycles. The van der Waals surface area contributed by atoms with Gasteiger partial charge in [-0.15, -0.1) is 5.10 Å². The highest BCUT2D eigenvalue weighted by atomic mass is 19.1. The number of hydrogen-bond acceptors (Lipinski definition) is 4. The van der Waals surface area contributed by atoms with Gasteiger partial charge in [-0.05, 0) is 54.4 Å². The summed E-state index contributed by atoms with van der Waals surface area (Å²) in [5, 5.41) is 15.0. The van der Waals surface area contributed by atoms with Crippen molar-refractivity contribution in [1.82, 2.24) is 25.5 Å². The maximum absolute atomic E-state index is 13.8. The van der Waals surface area contributed by atoms with Gasteiger partial charge in [-0.3, -0.25) is 0 Å². The minimum Gasteiger partial charge on any atom is -0.316 e. The zero-order valence-electron chi connectivity index (χ0n) is 10.6. The molecule has 1 fully saturated rings. The molecule has 3 rings (SSSR count). The fourth-order valence-corrected chi connectivity index (χ4v) is 2.50. The lowest BCUT2D eigenvalue weighted by atomic mass is 9.96. The number of nitrogens with zero attached hydrogens (tertiary/aromatic N) is 4. The van der Waals surface area contributed by atoms with Crippen LogP contribution in [0.2, 0.25) is 0 Å². The Kier molecular flexibility index (Phi) is 3.50. The van der Waals surface area contributed by atoms with Crippen LogP contribution in [-0.2, 0) is 6.42 Å². The van der Waals surface area contributed by atoms with Crippen molar-refractivity contribution in [3.8, 4) is 5.69 Å². The number of para-hydroxylation sites is 1. The molecule has 2 heterocycles. The zero-order valence-corrected chi connectivity index (χ0v) is 10.6. The summed E-state index contributed by atoms with van der Waals surface area (Å²) in [5.41, 5.74) is 0.409. The molecular weight excluding hydrogens is 245 g/mol. The zero-order chi connectivity index (χ0) is 13.1. The highest BCUT2D eigenvalue weighted by Crippen LogP contribution is 2.18. The Balaban J connectivity index is 1.84. The third kappa shape index (κ3) is 2.63. The van der Waals surface area contributed by atoms with Crippen LogP contribution in [0.3, 0.4) is 0 Å². The van der Waals surface area contributed by atoms with Crippen LogP contribution in [0, 0.1) is 11.7 Å². The second-order valence-electron chi connectivity index (χ2n) is 4.87. The van der Waals surface area contributed by atoms with E-state index in [2.05, 4.69) is 20.8 Å². The first-order valence-corrected chi connectivity index (χ1v) is 6.57. The minimum atomic E-state index is -0.308. The van der Waals surface area contributed by atoms with E-state index in [9.17, 15) is 4.39 Å². The van der Waals surface area contributed by atoms with Crippen LogP contribution in [0.1, 0.15) is 18.7 Å². The molecule has 0 radical (unpaired) electrons. The summed E-state index contributed by atoms with van der Waals surface area (Å²) in [6.45, 7) is 2.05. The van der Waals surface area contributed by atoms with Crippen molar-refractivity contribution in [3.63, 3.8) is 0 Å². The van der Waals surface area contributed by atoms with Crippen LogP contribution in [0.25, 0.3) is 5.69 Å². The van der Waals surface area contributed by atoms with Crippen molar-refractivity contribution in [2.24, 2.45) is 5.92 Å². The Morgan fingerprint density at radius 1 is 1.37 bits per heavy atom. The lowest BCUT2D eigenvalue weighted by Gasteiger charge is -2.22. The topological polar surface area (TPSA) is 55.6 Å². The Bertz CT molecular complexity index is 547. The quantitative estimate of drug-likeness (QED) is 0.906. The molecule has 0 spiro atoms. The molecule has 1 unspecified atom stereocenters. The fraction of sp³-hybridized carbons (Fsp3) is 0.462. The molecule has 0 saturated carbocycles. The number of hydrogen-bond donors (Lipinski definition) is 1. The number of rotatable bonds is 3. The number of nitrogens with one attached hydrogen (secondary N) is 1. The first-order chi connectivity index (χ1) is 9.34. The Morgan fingerprint density at radius 3 is 3.05 bits per heavy atom. The van der Waals surface area contributed by atoms with Crippen molar-refractivity contribution >= 4 is 0 Å². The predicted octanol–water partition coefficient (Wildman–Crippen LogP) is 1.34. The molecule has 1 aliphatic rings. The average molecular weight is 261 g/mol. The van der Waals surface area contributed by atoms with Gasteiger partial charge in [0.15, 0.2) is 5.82 Å². The van der Waals surface area contributed by atoms with Crippen LogP contribution in [0.15, 0.2) is 24.3 Å². The summed E-state index contributed by atoms with van der Waals surface area (Å²) in [6.07, 6.45) is 3.11. The summed E-state index contributed by atoms with van der Waals surface area (Å²) in [7, 11) is 0. The largest absolute Gasteiger partial charge is 0.316 e. The van der Waals surface area contributed by atoms with Crippen LogP contribution >= 0.6 is 0 Å². The highest BCUT2D eigenvalue weighted by molar-refractivity contribution is 5.32. The van der Waals surface area contributed by atoms with Gasteiger partial charge in [-0.2, -0.15) is 4.68 Å². The van der Waals surface area contributed by atoms with Crippen LogP contribution in [-0.4, -0.2) is 33.3 Å². The fourth-order valence-electron chi connectivity index (χ4n) is 2.50. The third-order valence-corrected chi connectivity index (χ3v) is 3.48. The van der Waals surface area contributed by atoms with E-state index in [1.54, 1.807) is 18.2 Å². The lowest BCUT2D eigenvalue weighted by Crippen LogP contribution is -2.31. The smallest absolute Gasteiger partial charge is 0.157 e. The maximum atomic E-state index is 13.8. The summed E-state index contributed by atoms with van der Waals surface area (Å²) in [6, 6.07) is 6.55.